The zero-order valence-electron chi connectivity index (χ0n) is 6.51. The van der Waals surface area contributed by atoms with Gasteiger partial charge in [0.2, 0.25) is 0 Å². The molecule has 0 unspecified atom stereocenters. The molecule has 0 amide bonds. The molecule has 6 nitrogen and oxygen atoms in total. The summed E-state index contributed by atoms with van der Waals surface area (Å²) in [7, 11) is 0. The van der Waals surface area contributed by atoms with Crippen LogP contribution >= 0.6 is 0 Å². The molecule has 12 heavy (non-hydrogen) atoms. The molecule has 0 radical (unpaired) electrons. The first-order valence-electron chi connectivity index (χ1n) is 3.10. The minimum atomic E-state index is -0.802. The van der Waals surface area contributed by atoms with Crippen LogP contribution in [0.3, 0.4) is 0 Å². The predicted molar refractivity (Wildman–Crippen MR) is 44.2 cm³/mol. The summed E-state index contributed by atoms with van der Waals surface area (Å²) in [6, 6.07) is 0. The van der Waals surface area contributed by atoms with E-state index in [0.29, 0.717) is 0 Å². The van der Waals surface area contributed by atoms with E-state index in [-0.39, 0.29) is 0 Å². The summed E-state index contributed by atoms with van der Waals surface area (Å²) in [5, 5.41) is 0. The van der Waals surface area contributed by atoms with Gasteiger partial charge in [-0.25, -0.2) is 14.4 Å². The van der Waals surface area contributed by atoms with E-state index in [1.165, 1.54) is 0 Å². The number of hydrogen-bond acceptors (Lipinski definition) is 3. The van der Waals surface area contributed by atoms with Crippen LogP contribution in [0.25, 0.3) is 0 Å². The molecule has 1 aromatic rings. The number of H-pyrrole nitrogens is 3. The molecule has 0 aromatic carbocycles. The van der Waals surface area contributed by atoms with Crippen molar-refractivity contribution in [3.63, 3.8) is 0 Å². The second kappa shape index (κ2) is 4.89. The number of allylic oxidation sites excluding steroid dienone is 1. The molecule has 1 heterocycles. The van der Waals surface area contributed by atoms with Crippen molar-refractivity contribution in [2.24, 2.45) is 0 Å². The molecule has 0 saturated carbocycles. The molecule has 1 aromatic heterocycles. The maximum Gasteiger partial charge on any atom is 0.330 e. The molecule has 0 saturated heterocycles. The van der Waals surface area contributed by atoms with Gasteiger partial charge in [-0.15, -0.1) is 6.58 Å². The van der Waals surface area contributed by atoms with Crippen molar-refractivity contribution in [2.45, 2.75) is 6.92 Å². The highest BCUT2D eigenvalue weighted by Gasteiger charge is 1.84. The van der Waals surface area contributed by atoms with Crippen LogP contribution in [0.2, 0.25) is 0 Å². The summed E-state index contributed by atoms with van der Waals surface area (Å²) in [4.78, 5) is 35.9. The van der Waals surface area contributed by atoms with Gasteiger partial charge in [0.1, 0.15) is 0 Å². The standard InChI is InChI=1S/C3H3N3O3.C3H6/c7-1-4-2(8)6-3(9)5-1;1-3-2/h(H3,4,5,6,7,8,9);3H,1H2,2H3. The van der Waals surface area contributed by atoms with Gasteiger partial charge in [0.05, 0.1) is 0 Å². The number of aromatic amines is 3. The minimum absolute atomic E-state index is 0.802. The predicted octanol–water partition coefficient (Wildman–Crippen LogP) is -1.06. The second-order valence-electron chi connectivity index (χ2n) is 1.77. The van der Waals surface area contributed by atoms with Crippen LogP contribution in [0, 0.1) is 0 Å². The number of nitrogens with one attached hydrogen (secondary N) is 3. The Labute approximate surface area is 67.0 Å². The molecule has 0 atom stereocenters. The zero-order valence-corrected chi connectivity index (χ0v) is 6.51. The van der Waals surface area contributed by atoms with Crippen molar-refractivity contribution in [2.75, 3.05) is 0 Å². The van der Waals surface area contributed by atoms with Crippen molar-refractivity contribution in [1.82, 2.24) is 15.0 Å². The first kappa shape index (κ1) is 10.2. The first-order chi connectivity index (χ1) is 5.60. The lowest BCUT2D eigenvalue weighted by Crippen LogP contribution is -2.34. The Morgan fingerprint density at radius 3 is 1.33 bits per heavy atom. The van der Waals surface area contributed by atoms with Crippen LogP contribution in [0.5, 0.6) is 0 Å². The monoisotopic (exact) mass is 171 g/mol. The average molecular weight is 171 g/mol. The Morgan fingerprint density at radius 2 is 1.17 bits per heavy atom. The smallest absolute Gasteiger partial charge is 0.259 e. The lowest BCUT2D eigenvalue weighted by atomic mass is 10.8. The molecule has 66 valence electrons. The summed E-state index contributed by atoms with van der Waals surface area (Å²) in [5.41, 5.74) is -2.41. The maximum atomic E-state index is 10.2. The third kappa shape index (κ3) is 4.04. The fraction of sp³-hybridized carbons (Fsp3) is 0.167. The molecule has 0 aliphatic rings. The van der Waals surface area contributed by atoms with Crippen LogP contribution in [-0.2, 0) is 0 Å². The molecular formula is C6H9N3O3. The minimum Gasteiger partial charge on any atom is -0.259 e. The Morgan fingerprint density at radius 1 is 1.00 bits per heavy atom. The van der Waals surface area contributed by atoms with Gasteiger partial charge >= 0.3 is 17.1 Å². The highest BCUT2D eigenvalue weighted by molar-refractivity contribution is 4.60. The maximum absolute atomic E-state index is 10.2. The van der Waals surface area contributed by atoms with Crippen LogP contribution in [0.4, 0.5) is 0 Å². The Kier molecular flexibility index (Phi) is 4.13. The lowest BCUT2D eigenvalue weighted by Gasteiger charge is -1.77. The van der Waals surface area contributed by atoms with E-state index in [2.05, 4.69) is 6.58 Å². The third-order valence-corrected chi connectivity index (χ3v) is 0.681. The van der Waals surface area contributed by atoms with E-state index in [0.717, 1.165) is 0 Å². The van der Waals surface area contributed by atoms with Crippen molar-refractivity contribution < 1.29 is 0 Å². The van der Waals surface area contributed by atoms with Gasteiger partial charge in [-0.2, -0.15) is 0 Å². The molecule has 0 aliphatic carbocycles. The topological polar surface area (TPSA) is 98.6 Å². The average Bonchev–Trinajstić information content (AvgIpc) is 1.84. The van der Waals surface area contributed by atoms with Gasteiger partial charge in [0.15, 0.2) is 0 Å². The van der Waals surface area contributed by atoms with Crippen LogP contribution in [-0.4, -0.2) is 15.0 Å². The SMILES string of the molecule is C=CC.O=c1[nH]c(=O)[nH]c(=O)[nH]1. The van der Waals surface area contributed by atoms with Gasteiger partial charge < -0.3 is 0 Å². The number of hydrogen-bond donors (Lipinski definition) is 3. The molecule has 0 fully saturated rings. The van der Waals surface area contributed by atoms with Crippen LogP contribution < -0.4 is 17.1 Å². The quantitative estimate of drug-likeness (QED) is 0.434. The van der Waals surface area contributed by atoms with Crippen molar-refractivity contribution in [3.05, 3.63) is 44.1 Å². The lowest BCUT2D eigenvalue weighted by molar-refractivity contribution is 0.888. The van der Waals surface area contributed by atoms with Gasteiger partial charge in [0.25, 0.3) is 0 Å². The van der Waals surface area contributed by atoms with Crippen molar-refractivity contribution in [1.29, 1.82) is 0 Å². The normalized spacial score (nSPS) is 8.08. The number of aromatic nitrogens is 3. The van der Waals surface area contributed by atoms with Gasteiger partial charge in [0, 0.05) is 0 Å². The zero-order chi connectivity index (χ0) is 9.56. The van der Waals surface area contributed by atoms with Gasteiger partial charge in [-0.3, -0.25) is 15.0 Å². The summed E-state index contributed by atoms with van der Waals surface area (Å²) >= 11 is 0. The van der Waals surface area contributed by atoms with E-state index in [4.69, 9.17) is 0 Å². The summed E-state index contributed by atoms with van der Waals surface area (Å²) in [6.07, 6.45) is 1.75. The first-order valence-corrected chi connectivity index (χ1v) is 3.10. The van der Waals surface area contributed by atoms with E-state index in [1.54, 1.807) is 21.0 Å². The highest BCUT2D eigenvalue weighted by atomic mass is 16.2. The molecule has 0 aliphatic heterocycles. The molecule has 3 N–H and O–H groups in total. The summed E-state index contributed by atoms with van der Waals surface area (Å²) in [6.45, 7) is 5.25. The largest absolute Gasteiger partial charge is 0.330 e. The third-order valence-electron chi connectivity index (χ3n) is 0.681. The Hall–Kier alpha value is -1.85. The highest BCUT2D eigenvalue weighted by Crippen LogP contribution is 1.38. The van der Waals surface area contributed by atoms with E-state index in [9.17, 15) is 14.4 Å². The van der Waals surface area contributed by atoms with Crippen molar-refractivity contribution in [3.8, 4) is 0 Å². The van der Waals surface area contributed by atoms with E-state index < -0.39 is 17.1 Å². The fourth-order valence-corrected chi connectivity index (χ4v) is 0.403. The Balaban J connectivity index is 0.000000354. The Bertz CT molecular complexity index is 319. The summed E-state index contributed by atoms with van der Waals surface area (Å²) < 4.78 is 0. The van der Waals surface area contributed by atoms with Crippen LogP contribution in [0.1, 0.15) is 6.92 Å². The van der Waals surface area contributed by atoms with Gasteiger partial charge in [-0.05, 0) is 6.92 Å². The molecule has 0 bridgehead atoms. The second-order valence-corrected chi connectivity index (χ2v) is 1.77. The number of rotatable bonds is 0. The van der Waals surface area contributed by atoms with Crippen molar-refractivity contribution >= 4 is 0 Å². The molecule has 0 spiro atoms. The summed E-state index contributed by atoms with van der Waals surface area (Å²) in [5.74, 6) is 0. The van der Waals surface area contributed by atoms with Crippen LogP contribution in [0.15, 0.2) is 27.0 Å². The molecule has 6 heteroatoms. The van der Waals surface area contributed by atoms with E-state index >= 15 is 0 Å². The van der Waals surface area contributed by atoms with E-state index in [1.807, 2.05) is 6.92 Å². The fourth-order valence-electron chi connectivity index (χ4n) is 0.403. The van der Waals surface area contributed by atoms with Gasteiger partial charge in [-0.1, -0.05) is 6.08 Å². The molecular weight excluding hydrogens is 162 g/mol. The molecule has 1 rings (SSSR count).